The van der Waals surface area contributed by atoms with Crippen molar-refractivity contribution in [3.63, 3.8) is 0 Å². The predicted molar refractivity (Wildman–Crippen MR) is 108 cm³/mol. The SMILES string of the molecule is Oc1cccc(F)c1-c1c(Cl)cc2c3c(cnc2c1F)SCC1CNCCC31. The molecular weight excluding hydrogens is 402 g/mol. The lowest BCUT2D eigenvalue weighted by Crippen LogP contribution is -2.38. The van der Waals surface area contributed by atoms with Crippen LogP contribution in [0.25, 0.3) is 22.0 Å². The van der Waals surface area contributed by atoms with Crippen molar-refractivity contribution in [3.8, 4) is 16.9 Å². The molecule has 3 heterocycles. The van der Waals surface area contributed by atoms with E-state index in [2.05, 4.69) is 10.3 Å². The summed E-state index contributed by atoms with van der Waals surface area (Å²) in [5.74, 6) is 0.0287. The molecule has 1 saturated heterocycles. The lowest BCUT2D eigenvalue weighted by molar-refractivity contribution is 0.348. The fraction of sp³-hybridized carbons (Fsp3) is 0.286. The number of fused-ring (bicyclic) bond motifs is 5. The Labute approximate surface area is 170 Å². The van der Waals surface area contributed by atoms with Gasteiger partial charge in [0.25, 0.3) is 0 Å². The van der Waals surface area contributed by atoms with Crippen LogP contribution < -0.4 is 5.32 Å². The minimum Gasteiger partial charge on any atom is -0.507 e. The molecule has 7 heteroatoms. The van der Waals surface area contributed by atoms with Gasteiger partial charge in [0.2, 0.25) is 0 Å². The molecule has 0 bridgehead atoms. The highest BCUT2D eigenvalue weighted by molar-refractivity contribution is 7.99. The molecule has 2 unspecified atom stereocenters. The first kappa shape index (κ1) is 18.2. The fourth-order valence-corrected chi connectivity index (χ4v) is 6.00. The van der Waals surface area contributed by atoms with Gasteiger partial charge in [0.1, 0.15) is 17.1 Å². The highest BCUT2D eigenvalue weighted by atomic mass is 35.5. The minimum atomic E-state index is -0.730. The maximum absolute atomic E-state index is 15.5. The van der Waals surface area contributed by atoms with Crippen molar-refractivity contribution in [1.82, 2.24) is 10.3 Å². The first-order valence-electron chi connectivity index (χ1n) is 9.18. The average Bonchev–Trinajstić information content (AvgIpc) is 2.69. The van der Waals surface area contributed by atoms with Gasteiger partial charge in [0.15, 0.2) is 5.82 Å². The third-order valence-corrected chi connectivity index (χ3v) is 7.26. The largest absolute Gasteiger partial charge is 0.507 e. The summed E-state index contributed by atoms with van der Waals surface area (Å²) in [6.45, 7) is 1.87. The Bertz CT molecular complexity index is 1090. The van der Waals surface area contributed by atoms with Crippen molar-refractivity contribution < 1.29 is 13.9 Å². The number of pyridine rings is 1. The van der Waals surface area contributed by atoms with Gasteiger partial charge in [0.05, 0.1) is 10.6 Å². The van der Waals surface area contributed by atoms with Crippen LogP contribution in [-0.2, 0) is 0 Å². The Morgan fingerprint density at radius 3 is 2.93 bits per heavy atom. The van der Waals surface area contributed by atoms with Gasteiger partial charge in [-0.1, -0.05) is 17.7 Å². The Hall–Kier alpha value is -1.89. The highest BCUT2D eigenvalue weighted by Crippen LogP contribution is 2.48. The number of aromatic hydroxyl groups is 1. The fourth-order valence-electron chi connectivity index (χ4n) is 4.43. The normalized spacial score (nSPS) is 21.4. The van der Waals surface area contributed by atoms with E-state index in [9.17, 15) is 9.50 Å². The molecule has 0 spiro atoms. The molecule has 1 fully saturated rings. The van der Waals surface area contributed by atoms with Crippen LogP contribution in [0.3, 0.4) is 0 Å². The second-order valence-electron chi connectivity index (χ2n) is 7.28. The molecule has 2 aliphatic heterocycles. The van der Waals surface area contributed by atoms with Crippen LogP contribution in [0.4, 0.5) is 8.78 Å². The number of hydrogen-bond donors (Lipinski definition) is 2. The van der Waals surface area contributed by atoms with Crippen molar-refractivity contribution in [2.75, 3.05) is 18.8 Å². The molecule has 0 aliphatic carbocycles. The molecule has 2 aliphatic rings. The second kappa shape index (κ2) is 6.87. The van der Waals surface area contributed by atoms with Crippen LogP contribution in [0.15, 0.2) is 35.4 Å². The number of benzene rings is 2. The van der Waals surface area contributed by atoms with E-state index in [1.807, 2.05) is 0 Å². The topological polar surface area (TPSA) is 45.2 Å². The number of nitrogens with zero attached hydrogens (tertiary/aromatic N) is 1. The van der Waals surface area contributed by atoms with Crippen molar-refractivity contribution in [2.45, 2.75) is 17.2 Å². The molecule has 2 N–H and O–H groups in total. The number of rotatable bonds is 1. The van der Waals surface area contributed by atoms with Crippen molar-refractivity contribution >= 4 is 34.3 Å². The molecule has 144 valence electrons. The molecule has 2 atom stereocenters. The number of hydrogen-bond acceptors (Lipinski definition) is 4. The summed E-state index contributed by atoms with van der Waals surface area (Å²) in [7, 11) is 0. The Morgan fingerprint density at radius 1 is 1.25 bits per heavy atom. The molecule has 0 saturated carbocycles. The number of phenols is 1. The van der Waals surface area contributed by atoms with Crippen LogP contribution in [-0.4, -0.2) is 28.9 Å². The highest BCUT2D eigenvalue weighted by Gasteiger charge is 2.34. The van der Waals surface area contributed by atoms with E-state index in [4.69, 9.17) is 11.6 Å². The summed E-state index contributed by atoms with van der Waals surface area (Å²) >= 11 is 8.18. The summed E-state index contributed by atoms with van der Waals surface area (Å²) in [5.41, 5.74) is 0.876. The average molecular weight is 419 g/mol. The molecule has 28 heavy (non-hydrogen) atoms. The molecule has 0 radical (unpaired) electrons. The number of nitrogens with one attached hydrogen (secondary N) is 1. The molecular formula is C21H17ClF2N2OS. The summed E-state index contributed by atoms with van der Waals surface area (Å²) in [6, 6.07) is 5.53. The molecule has 2 aromatic carbocycles. The maximum atomic E-state index is 15.5. The van der Waals surface area contributed by atoms with Gasteiger partial charge < -0.3 is 10.4 Å². The van der Waals surface area contributed by atoms with Gasteiger partial charge in [-0.3, -0.25) is 4.98 Å². The van der Waals surface area contributed by atoms with Crippen molar-refractivity contribution in [1.29, 1.82) is 0 Å². The van der Waals surface area contributed by atoms with Gasteiger partial charge in [-0.25, -0.2) is 8.78 Å². The van der Waals surface area contributed by atoms with Crippen LogP contribution in [0.2, 0.25) is 5.02 Å². The summed E-state index contributed by atoms with van der Waals surface area (Å²) in [5, 5.41) is 14.3. The number of halogens is 3. The third-order valence-electron chi connectivity index (χ3n) is 5.73. The van der Waals surface area contributed by atoms with E-state index in [0.29, 0.717) is 17.2 Å². The quantitative estimate of drug-likeness (QED) is 0.560. The number of piperidine rings is 1. The zero-order chi connectivity index (χ0) is 19.4. The summed E-state index contributed by atoms with van der Waals surface area (Å²) in [4.78, 5) is 5.41. The van der Waals surface area contributed by atoms with Gasteiger partial charge in [-0.05, 0) is 55.1 Å². The van der Waals surface area contributed by atoms with E-state index >= 15 is 4.39 Å². The monoisotopic (exact) mass is 418 g/mol. The Balaban J connectivity index is 1.78. The standard InChI is InChI=1S/C21H17ClF2N2OS/c22-13-6-12-17-11-4-5-25-7-10(11)9-28-16(17)8-26-21(12)20(24)18(13)19-14(23)2-1-3-15(19)27/h1-3,6,8,10-11,25,27H,4-5,7,9H2. The van der Waals surface area contributed by atoms with Gasteiger partial charge in [-0.15, -0.1) is 11.8 Å². The van der Waals surface area contributed by atoms with Gasteiger partial charge in [-0.2, -0.15) is 0 Å². The first-order valence-corrected chi connectivity index (χ1v) is 10.5. The third kappa shape index (κ3) is 2.70. The number of aromatic nitrogens is 1. The Kier molecular flexibility index (Phi) is 4.45. The minimum absolute atomic E-state index is 0.0710. The van der Waals surface area contributed by atoms with E-state index in [1.54, 1.807) is 24.0 Å². The van der Waals surface area contributed by atoms with Crippen LogP contribution in [0.1, 0.15) is 17.9 Å². The maximum Gasteiger partial charge on any atom is 0.158 e. The summed E-state index contributed by atoms with van der Waals surface area (Å²) in [6.07, 6.45) is 2.69. The zero-order valence-electron chi connectivity index (χ0n) is 14.8. The van der Waals surface area contributed by atoms with Crippen LogP contribution in [0.5, 0.6) is 5.75 Å². The molecule has 3 aromatic rings. The van der Waals surface area contributed by atoms with E-state index < -0.39 is 11.6 Å². The Morgan fingerprint density at radius 2 is 2.11 bits per heavy atom. The van der Waals surface area contributed by atoms with Crippen LogP contribution in [0, 0.1) is 17.6 Å². The van der Waals surface area contributed by atoms with E-state index in [-0.39, 0.29) is 27.4 Å². The molecule has 5 rings (SSSR count). The second-order valence-corrected chi connectivity index (χ2v) is 8.75. The molecule has 0 amide bonds. The van der Waals surface area contributed by atoms with E-state index in [1.165, 1.54) is 18.2 Å². The van der Waals surface area contributed by atoms with E-state index in [0.717, 1.165) is 35.7 Å². The number of thioether (sulfide) groups is 1. The molecule has 1 aromatic heterocycles. The van der Waals surface area contributed by atoms with Crippen molar-refractivity contribution in [2.24, 2.45) is 5.92 Å². The number of phenolic OH excluding ortho intramolecular Hbond substituents is 1. The lowest BCUT2D eigenvalue weighted by atomic mass is 9.80. The zero-order valence-corrected chi connectivity index (χ0v) is 16.4. The van der Waals surface area contributed by atoms with Crippen molar-refractivity contribution in [3.05, 3.63) is 52.7 Å². The summed E-state index contributed by atoms with van der Waals surface area (Å²) < 4.78 is 29.9. The smallest absolute Gasteiger partial charge is 0.158 e. The predicted octanol–water partition coefficient (Wildman–Crippen LogP) is 5.34. The lowest BCUT2D eigenvalue weighted by Gasteiger charge is -2.37. The van der Waals surface area contributed by atoms with Gasteiger partial charge in [0, 0.05) is 27.8 Å². The van der Waals surface area contributed by atoms with Gasteiger partial charge >= 0.3 is 0 Å². The first-order chi connectivity index (χ1) is 13.6. The van der Waals surface area contributed by atoms with Crippen LogP contribution >= 0.6 is 23.4 Å². The molecule has 3 nitrogen and oxygen atoms in total.